The zero-order valence-electron chi connectivity index (χ0n) is 20.9. The first kappa shape index (κ1) is 26.5. The minimum atomic E-state index is -0.416. The summed E-state index contributed by atoms with van der Waals surface area (Å²) in [5, 5.41) is 5.81. The molecule has 1 atom stereocenters. The number of nitrogens with zero attached hydrogens (tertiary/aromatic N) is 1. The Hall–Kier alpha value is -3.10. The lowest BCUT2D eigenvalue weighted by Crippen LogP contribution is -2.38. The van der Waals surface area contributed by atoms with Crippen LogP contribution in [0, 0.1) is 0 Å². The van der Waals surface area contributed by atoms with Gasteiger partial charge in [0.2, 0.25) is 11.8 Å². The van der Waals surface area contributed by atoms with Crippen LogP contribution in [0.15, 0.2) is 48.5 Å². The highest BCUT2D eigenvalue weighted by molar-refractivity contribution is 5.79. The highest BCUT2D eigenvalue weighted by Gasteiger charge is 2.19. The fourth-order valence-corrected chi connectivity index (χ4v) is 4.15. The number of benzene rings is 2. The molecule has 0 saturated carbocycles. The maximum Gasteiger partial charge on any atom is 0.222 e. The molecule has 1 aliphatic heterocycles. The van der Waals surface area contributed by atoms with Crippen LogP contribution in [0.4, 0.5) is 0 Å². The number of carbonyl (C=O) groups excluding carboxylic acids is 2. The van der Waals surface area contributed by atoms with Crippen molar-refractivity contribution in [3.05, 3.63) is 59.7 Å². The van der Waals surface area contributed by atoms with E-state index in [9.17, 15) is 9.59 Å². The van der Waals surface area contributed by atoms with Gasteiger partial charge in [-0.05, 0) is 55.3 Å². The van der Waals surface area contributed by atoms with E-state index in [0.717, 1.165) is 55.2 Å². The quantitative estimate of drug-likeness (QED) is 0.482. The molecule has 0 radical (unpaired) electrons. The molecule has 8 heteroatoms. The topological polar surface area (TPSA) is 89.1 Å². The van der Waals surface area contributed by atoms with Gasteiger partial charge in [-0.3, -0.25) is 14.5 Å². The molecule has 1 heterocycles. The fraction of sp³-hybridized carbons (Fsp3) is 0.481. The molecule has 0 aliphatic carbocycles. The first-order valence-corrected chi connectivity index (χ1v) is 12.1. The first-order chi connectivity index (χ1) is 16.9. The molecular formula is C27H37N3O5. The van der Waals surface area contributed by atoms with Gasteiger partial charge in [-0.15, -0.1) is 0 Å². The molecule has 3 rings (SSSR count). The average Bonchev–Trinajstić information content (AvgIpc) is 2.87. The Morgan fingerprint density at radius 3 is 2.54 bits per heavy atom. The van der Waals surface area contributed by atoms with Crippen LogP contribution in [0.3, 0.4) is 0 Å². The van der Waals surface area contributed by atoms with Crippen LogP contribution < -0.4 is 20.1 Å². The number of hydrogen-bond acceptors (Lipinski definition) is 6. The van der Waals surface area contributed by atoms with E-state index in [0.29, 0.717) is 19.2 Å². The second kappa shape index (κ2) is 13.7. The zero-order valence-corrected chi connectivity index (χ0v) is 20.9. The van der Waals surface area contributed by atoms with Crippen molar-refractivity contribution in [1.82, 2.24) is 15.5 Å². The predicted molar refractivity (Wildman–Crippen MR) is 134 cm³/mol. The summed E-state index contributed by atoms with van der Waals surface area (Å²) in [6.07, 6.45) is 2.26. The van der Waals surface area contributed by atoms with Crippen molar-refractivity contribution < 1.29 is 23.8 Å². The molecule has 2 amide bonds. The Kier molecular flexibility index (Phi) is 10.4. The molecule has 1 fully saturated rings. The second-order valence-electron chi connectivity index (χ2n) is 8.83. The van der Waals surface area contributed by atoms with Crippen LogP contribution in [-0.2, 0) is 20.9 Å². The number of amides is 2. The second-order valence-corrected chi connectivity index (χ2v) is 8.83. The van der Waals surface area contributed by atoms with Gasteiger partial charge >= 0.3 is 0 Å². The predicted octanol–water partition coefficient (Wildman–Crippen LogP) is 3.07. The van der Waals surface area contributed by atoms with Crippen LogP contribution >= 0.6 is 0 Å². The third-order valence-electron chi connectivity index (χ3n) is 6.20. The van der Waals surface area contributed by atoms with Crippen molar-refractivity contribution in [2.45, 2.75) is 44.8 Å². The van der Waals surface area contributed by atoms with E-state index in [1.54, 1.807) is 7.11 Å². The third-order valence-corrected chi connectivity index (χ3v) is 6.20. The molecule has 35 heavy (non-hydrogen) atoms. The van der Waals surface area contributed by atoms with Gasteiger partial charge in [0, 0.05) is 39.3 Å². The molecule has 1 unspecified atom stereocenters. The summed E-state index contributed by atoms with van der Waals surface area (Å²) in [7, 11) is 3.73. The van der Waals surface area contributed by atoms with E-state index in [4.69, 9.17) is 14.2 Å². The Labute approximate surface area is 207 Å². The molecule has 2 aromatic rings. The molecule has 0 aromatic heterocycles. The fourth-order valence-electron chi connectivity index (χ4n) is 4.15. The molecular weight excluding hydrogens is 446 g/mol. The highest BCUT2D eigenvalue weighted by atomic mass is 16.5. The lowest BCUT2D eigenvalue weighted by Gasteiger charge is -2.31. The van der Waals surface area contributed by atoms with Crippen molar-refractivity contribution in [2.24, 2.45) is 0 Å². The monoisotopic (exact) mass is 483 g/mol. The van der Waals surface area contributed by atoms with Crippen LogP contribution in [-0.4, -0.2) is 63.3 Å². The van der Waals surface area contributed by atoms with E-state index in [1.807, 2.05) is 48.5 Å². The summed E-state index contributed by atoms with van der Waals surface area (Å²) in [5.41, 5.74) is 1.80. The maximum atomic E-state index is 12.7. The lowest BCUT2D eigenvalue weighted by molar-refractivity contribution is -0.122. The van der Waals surface area contributed by atoms with Gasteiger partial charge in [-0.1, -0.05) is 24.3 Å². The number of likely N-dealkylation sites (N-methyl/N-ethyl adjacent to an activating group) is 1. The largest absolute Gasteiger partial charge is 0.497 e. The summed E-state index contributed by atoms with van der Waals surface area (Å²) >= 11 is 0. The van der Waals surface area contributed by atoms with E-state index in [-0.39, 0.29) is 18.2 Å². The van der Waals surface area contributed by atoms with Gasteiger partial charge in [0.15, 0.2) is 0 Å². The van der Waals surface area contributed by atoms with Crippen LogP contribution in [0.25, 0.3) is 0 Å². The Balaban J connectivity index is 1.47. The summed E-state index contributed by atoms with van der Waals surface area (Å²) in [5.74, 6) is 1.17. The molecule has 190 valence electrons. The number of carbonyl (C=O) groups is 2. The standard InChI is InChI=1S/C27H37N3O5/c1-20(31)29-26(22-7-9-24(33-3)10-8-22)18-27(32)28-19-21-5-4-6-25(17-21)35-16-13-30(2)23-11-14-34-15-12-23/h4-10,17,23,26H,11-16,18-19H2,1-3H3,(H,28,32)(H,29,31). The van der Waals surface area contributed by atoms with Crippen molar-refractivity contribution in [1.29, 1.82) is 0 Å². The highest BCUT2D eigenvalue weighted by Crippen LogP contribution is 2.21. The number of rotatable bonds is 12. The van der Waals surface area contributed by atoms with E-state index in [1.165, 1.54) is 6.92 Å². The van der Waals surface area contributed by atoms with E-state index >= 15 is 0 Å². The Morgan fingerprint density at radius 1 is 1.11 bits per heavy atom. The molecule has 8 nitrogen and oxygen atoms in total. The van der Waals surface area contributed by atoms with E-state index < -0.39 is 6.04 Å². The minimum absolute atomic E-state index is 0.140. The molecule has 0 spiro atoms. The van der Waals surface area contributed by atoms with Crippen molar-refractivity contribution >= 4 is 11.8 Å². The van der Waals surface area contributed by atoms with Crippen LogP contribution in [0.2, 0.25) is 0 Å². The lowest BCUT2D eigenvalue weighted by atomic mass is 10.0. The average molecular weight is 484 g/mol. The first-order valence-electron chi connectivity index (χ1n) is 12.1. The SMILES string of the molecule is COc1ccc(C(CC(=O)NCc2cccc(OCCN(C)C3CCOCC3)c2)NC(C)=O)cc1. The van der Waals surface area contributed by atoms with Gasteiger partial charge < -0.3 is 24.8 Å². The van der Waals surface area contributed by atoms with Gasteiger partial charge in [0.1, 0.15) is 18.1 Å². The number of ether oxygens (including phenoxy) is 3. The van der Waals surface area contributed by atoms with Gasteiger partial charge in [0.05, 0.1) is 19.6 Å². The summed E-state index contributed by atoms with van der Waals surface area (Å²) < 4.78 is 16.6. The van der Waals surface area contributed by atoms with Crippen LogP contribution in [0.5, 0.6) is 11.5 Å². The normalized spacial score (nSPS) is 14.9. The third kappa shape index (κ3) is 8.88. The summed E-state index contributed by atoms with van der Waals surface area (Å²) in [6, 6.07) is 15.2. The molecule has 2 N–H and O–H groups in total. The number of methoxy groups -OCH3 is 1. The van der Waals surface area contributed by atoms with Crippen molar-refractivity contribution in [3.63, 3.8) is 0 Å². The van der Waals surface area contributed by atoms with Gasteiger partial charge in [0.25, 0.3) is 0 Å². The number of nitrogens with one attached hydrogen (secondary N) is 2. The summed E-state index contributed by atoms with van der Waals surface area (Å²) in [6.45, 7) is 4.94. The van der Waals surface area contributed by atoms with Crippen molar-refractivity contribution in [3.8, 4) is 11.5 Å². The van der Waals surface area contributed by atoms with E-state index in [2.05, 4.69) is 22.6 Å². The molecule has 1 saturated heterocycles. The Morgan fingerprint density at radius 2 is 1.86 bits per heavy atom. The molecule has 0 bridgehead atoms. The van der Waals surface area contributed by atoms with Gasteiger partial charge in [-0.25, -0.2) is 0 Å². The number of hydrogen-bond donors (Lipinski definition) is 2. The maximum absolute atomic E-state index is 12.7. The zero-order chi connectivity index (χ0) is 25.0. The smallest absolute Gasteiger partial charge is 0.222 e. The Bertz CT molecular complexity index is 944. The van der Waals surface area contributed by atoms with Gasteiger partial charge in [-0.2, -0.15) is 0 Å². The van der Waals surface area contributed by atoms with Crippen molar-refractivity contribution in [2.75, 3.05) is 40.5 Å². The summed E-state index contributed by atoms with van der Waals surface area (Å²) in [4.78, 5) is 26.7. The minimum Gasteiger partial charge on any atom is -0.497 e. The molecule has 1 aliphatic rings. The van der Waals surface area contributed by atoms with Crippen LogP contribution in [0.1, 0.15) is 43.4 Å². The molecule has 2 aromatic carbocycles.